The van der Waals surface area contributed by atoms with Gasteiger partial charge in [-0.3, -0.25) is 4.79 Å². The van der Waals surface area contributed by atoms with Crippen LogP contribution >= 0.6 is 0 Å². The molecule has 1 saturated carbocycles. The van der Waals surface area contributed by atoms with Crippen molar-refractivity contribution in [3.63, 3.8) is 0 Å². The van der Waals surface area contributed by atoms with Crippen molar-refractivity contribution in [2.45, 2.75) is 37.3 Å². The highest BCUT2D eigenvalue weighted by Crippen LogP contribution is 2.46. The van der Waals surface area contributed by atoms with Gasteiger partial charge in [0, 0.05) is 24.5 Å². The van der Waals surface area contributed by atoms with E-state index in [1.165, 1.54) is 0 Å². The molecule has 0 radical (unpaired) electrons. The molecule has 4 heteroatoms. The highest BCUT2D eigenvalue weighted by Gasteiger charge is 2.53. The molecule has 3 atom stereocenters. The van der Waals surface area contributed by atoms with Crippen molar-refractivity contribution in [1.29, 1.82) is 0 Å². The minimum atomic E-state index is -0.364. The van der Waals surface area contributed by atoms with Gasteiger partial charge in [0.2, 0.25) is 5.91 Å². The Hall–Kier alpha value is -0.610. The quantitative estimate of drug-likeness (QED) is 0.621. The highest BCUT2D eigenvalue weighted by atomic mass is 16.5. The summed E-state index contributed by atoms with van der Waals surface area (Å²) in [6.45, 7) is 0.841. The molecule has 0 aromatic carbocycles. The summed E-state index contributed by atoms with van der Waals surface area (Å²) >= 11 is 0. The summed E-state index contributed by atoms with van der Waals surface area (Å²) in [6.07, 6.45) is 3.52. The van der Waals surface area contributed by atoms with Crippen molar-refractivity contribution in [3.8, 4) is 0 Å². The van der Waals surface area contributed by atoms with E-state index in [0.717, 1.165) is 25.9 Å². The van der Waals surface area contributed by atoms with Crippen molar-refractivity contribution < 1.29 is 9.53 Å². The smallest absolute Gasteiger partial charge is 0.219 e. The molecule has 74 valence electrons. The number of rotatable bonds is 2. The van der Waals surface area contributed by atoms with Crippen LogP contribution in [0.15, 0.2) is 0 Å². The predicted molar refractivity (Wildman–Crippen MR) is 47.8 cm³/mol. The van der Waals surface area contributed by atoms with E-state index in [1.807, 2.05) is 0 Å². The van der Waals surface area contributed by atoms with Gasteiger partial charge in [-0.2, -0.15) is 0 Å². The summed E-state index contributed by atoms with van der Waals surface area (Å²) in [4.78, 5) is 10.8. The fourth-order valence-electron chi connectivity index (χ4n) is 2.59. The Labute approximate surface area is 77.6 Å². The van der Waals surface area contributed by atoms with E-state index in [1.54, 1.807) is 0 Å². The largest absolute Gasteiger partial charge is 0.378 e. The van der Waals surface area contributed by atoms with Crippen molar-refractivity contribution in [2.24, 2.45) is 17.4 Å². The second-order valence-corrected chi connectivity index (χ2v) is 4.24. The maximum Gasteiger partial charge on any atom is 0.219 e. The molecule has 13 heavy (non-hydrogen) atoms. The van der Waals surface area contributed by atoms with Crippen LogP contribution < -0.4 is 11.5 Å². The number of hydrogen-bond donors (Lipinski definition) is 2. The number of hydrogen-bond acceptors (Lipinski definition) is 3. The monoisotopic (exact) mass is 184 g/mol. The van der Waals surface area contributed by atoms with Gasteiger partial charge < -0.3 is 16.2 Å². The number of fused-ring (bicyclic) bond motifs is 1. The van der Waals surface area contributed by atoms with Gasteiger partial charge in [0.05, 0.1) is 6.10 Å². The molecular formula is C9H16N2O2. The standard InChI is InChI=1S/C9H16N2O2/c10-8(12)5-9(11)4-7-6(9)2-1-3-13-7/h6-7H,1-5,11H2,(H2,10,12)/t6-,7-,9?/m0/s1. The van der Waals surface area contributed by atoms with E-state index >= 15 is 0 Å². The Balaban J connectivity index is 1.98. The molecular weight excluding hydrogens is 168 g/mol. The lowest BCUT2D eigenvalue weighted by molar-refractivity contribution is -0.144. The lowest BCUT2D eigenvalue weighted by Crippen LogP contribution is -2.66. The molecule has 0 aromatic heterocycles. The molecule has 2 aliphatic rings. The van der Waals surface area contributed by atoms with E-state index in [2.05, 4.69) is 0 Å². The molecule has 1 aliphatic carbocycles. The molecule has 1 saturated heterocycles. The molecule has 1 amide bonds. The summed E-state index contributed by atoms with van der Waals surface area (Å²) in [5.41, 5.74) is 10.9. The third kappa shape index (κ3) is 1.44. The maximum absolute atomic E-state index is 10.8. The summed E-state index contributed by atoms with van der Waals surface area (Å²) in [6, 6.07) is 0. The molecule has 4 N–H and O–H groups in total. The van der Waals surface area contributed by atoms with Gasteiger partial charge >= 0.3 is 0 Å². The summed E-state index contributed by atoms with van der Waals surface area (Å²) in [5, 5.41) is 0. The molecule has 0 spiro atoms. The Morgan fingerprint density at radius 2 is 2.38 bits per heavy atom. The molecule has 2 fully saturated rings. The number of carbonyl (C=O) groups excluding carboxylic acids is 1. The van der Waals surface area contributed by atoms with Crippen LogP contribution in [0.1, 0.15) is 25.7 Å². The minimum absolute atomic E-state index is 0.290. The molecule has 2 rings (SSSR count). The zero-order chi connectivity index (χ0) is 9.47. The van der Waals surface area contributed by atoms with Crippen molar-refractivity contribution in [3.05, 3.63) is 0 Å². The molecule has 1 heterocycles. The third-order valence-corrected chi connectivity index (χ3v) is 3.26. The minimum Gasteiger partial charge on any atom is -0.378 e. The molecule has 1 unspecified atom stereocenters. The van der Waals surface area contributed by atoms with Gasteiger partial charge in [-0.25, -0.2) is 0 Å². The van der Waals surface area contributed by atoms with Crippen LogP contribution in [0.4, 0.5) is 0 Å². The Morgan fingerprint density at radius 3 is 3.00 bits per heavy atom. The van der Waals surface area contributed by atoms with Crippen LogP contribution in [0.5, 0.6) is 0 Å². The SMILES string of the molecule is NC(=O)CC1(N)C[C@@H]2OCCC[C@@H]21. The topological polar surface area (TPSA) is 78.3 Å². The average Bonchev–Trinajstić information content (AvgIpc) is 2.02. The van der Waals surface area contributed by atoms with E-state index in [9.17, 15) is 4.79 Å². The number of ether oxygens (including phenoxy) is 1. The average molecular weight is 184 g/mol. The van der Waals surface area contributed by atoms with Crippen LogP contribution in [-0.4, -0.2) is 24.2 Å². The first kappa shape index (κ1) is 8.97. The maximum atomic E-state index is 10.8. The highest BCUT2D eigenvalue weighted by molar-refractivity contribution is 5.75. The van der Waals surface area contributed by atoms with Gasteiger partial charge in [0.25, 0.3) is 0 Å². The predicted octanol–water partition coefficient (Wildman–Crippen LogP) is -0.242. The fourth-order valence-corrected chi connectivity index (χ4v) is 2.59. The van der Waals surface area contributed by atoms with Gasteiger partial charge in [-0.15, -0.1) is 0 Å². The zero-order valence-electron chi connectivity index (χ0n) is 7.66. The van der Waals surface area contributed by atoms with Crippen LogP contribution in [0, 0.1) is 5.92 Å². The second-order valence-electron chi connectivity index (χ2n) is 4.24. The first-order valence-electron chi connectivity index (χ1n) is 4.81. The lowest BCUT2D eigenvalue weighted by atomic mass is 9.60. The van der Waals surface area contributed by atoms with Gasteiger partial charge in [0.1, 0.15) is 0 Å². The molecule has 4 nitrogen and oxygen atoms in total. The van der Waals surface area contributed by atoms with Crippen LogP contribution in [0.3, 0.4) is 0 Å². The Bertz CT molecular complexity index is 232. The Morgan fingerprint density at radius 1 is 1.62 bits per heavy atom. The lowest BCUT2D eigenvalue weighted by Gasteiger charge is -2.54. The number of amides is 1. The van der Waals surface area contributed by atoms with Crippen molar-refractivity contribution >= 4 is 5.91 Å². The van der Waals surface area contributed by atoms with E-state index in [4.69, 9.17) is 16.2 Å². The number of primary amides is 1. The van der Waals surface area contributed by atoms with Gasteiger partial charge in [-0.05, 0) is 19.3 Å². The zero-order valence-corrected chi connectivity index (χ0v) is 7.66. The fraction of sp³-hybridized carbons (Fsp3) is 0.889. The van der Waals surface area contributed by atoms with Gasteiger partial charge in [0.15, 0.2) is 0 Å². The van der Waals surface area contributed by atoms with Crippen LogP contribution in [0.25, 0.3) is 0 Å². The summed E-state index contributed by atoms with van der Waals surface area (Å²) < 4.78 is 5.52. The molecule has 1 aliphatic heterocycles. The van der Waals surface area contributed by atoms with Crippen LogP contribution in [0.2, 0.25) is 0 Å². The molecule has 0 aromatic rings. The van der Waals surface area contributed by atoms with Crippen LogP contribution in [-0.2, 0) is 9.53 Å². The number of carbonyl (C=O) groups is 1. The second kappa shape index (κ2) is 2.96. The first-order valence-corrected chi connectivity index (χ1v) is 4.81. The van der Waals surface area contributed by atoms with Gasteiger partial charge in [-0.1, -0.05) is 0 Å². The van der Waals surface area contributed by atoms with Crippen molar-refractivity contribution in [1.82, 2.24) is 0 Å². The molecule has 0 bridgehead atoms. The first-order chi connectivity index (χ1) is 6.12. The Kier molecular flexibility index (Phi) is 2.04. The van der Waals surface area contributed by atoms with Crippen molar-refractivity contribution in [2.75, 3.05) is 6.61 Å². The van der Waals surface area contributed by atoms with E-state index in [-0.39, 0.29) is 17.6 Å². The summed E-state index contributed by atoms with van der Waals surface area (Å²) in [5.74, 6) is 0.0558. The number of nitrogens with two attached hydrogens (primary N) is 2. The normalized spacial score (nSPS) is 43.5. The van der Waals surface area contributed by atoms with E-state index in [0.29, 0.717) is 12.3 Å². The third-order valence-electron chi connectivity index (χ3n) is 3.26. The summed E-state index contributed by atoms with van der Waals surface area (Å²) in [7, 11) is 0. The van der Waals surface area contributed by atoms with E-state index < -0.39 is 0 Å².